The van der Waals surface area contributed by atoms with E-state index in [0.717, 1.165) is 16.0 Å². The highest BCUT2D eigenvalue weighted by molar-refractivity contribution is 7.19. The Morgan fingerprint density at radius 2 is 1.55 bits per heavy atom. The van der Waals surface area contributed by atoms with E-state index in [1.165, 1.54) is 29.8 Å². The molecule has 0 unspecified atom stereocenters. The highest BCUT2D eigenvalue weighted by Gasteiger charge is 2.35. The van der Waals surface area contributed by atoms with Crippen molar-refractivity contribution in [3.8, 4) is 22.5 Å². The topological polar surface area (TPSA) is 72.2 Å². The number of fused-ring (bicyclic) bond motifs is 1. The van der Waals surface area contributed by atoms with Gasteiger partial charge >= 0.3 is 5.97 Å². The lowest BCUT2D eigenvalue weighted by atomic mass is 10.0. The molecule has 0 atom stereocenters. The lowest BCUT2D eigenvalue weighted by Crippen LogP contribution is -2.44. The number of rotatable bonds is 4. The smallest absolute Gasteiger partial charge is 0.329 e. The van der Waals surface area contributed by atoms with Crippen molar-refractivity contribution in [3.05, 3.63) is 75.9 Å². The van der Waals surface area contributed by atoms with Crippen LogP contribution in [0, 0.1) is 6.92 Å². The highest BCUT2D eigenvalue weighted by Crippen LogP contribution is 2.37. The van der Waals surface area contributed by atoms with Gasteiger partial charge < -0.3 is 5.11 Å². The van der Waals surface area contributed by atoms with E-state index in [2.05, 4.69) is 0 Å². The van der Waals surface area contributed by atoms with Gasteiger partial charge in [-0.15, -0.1) is 11.3 Å². The largest absolute Gasteiger partial charge is 0.480 e. The molecule has 5 nitrogen and oxygen atoms in total. The SMILES string of the molecule is Cc1sc2nc(-c3ccccc3)n(C(C)(C)C(=O)O)c(=O)c2c1-c1ccccc1. The van der Waals surface area contributed by atoms with Gasteiger partial charge in [0.1, 0.15) is 16.2 Å². The average molecular weight is 404 g/mol. The molecule has 0 saturated heterocycles. The number of aryl methyl sites for hydroxylation is 1. The number of benzene rings is 2. The summed E-state index contributed by atoms with van der Waals surface area (Å²) in [6.07, 6.45) is 0. The third-order valence-corrected chi connectivity index (χ3v) is 6.08. The molecule has 0 fully saturated rings. The summed E-state index contributed by atoms with van der Waals surface area (Å²) in [5.74, 6) is -0.734. The number of carboxylic acid groups (broad SMARTS) is 1. The fourth-order valence-electron chi connectivity index (χ4n) is 3.51. The summed E-state index contributed by atoms with van der Waals surface area (Å²) in [6, 6.07) is 18.9. The molecule has 0 aliphatic carbocycles. The summed E-state index contributed by atoms with van der Waals surface area (Å²) < 4.78 is 1.31. The van der Waals surface area contributed by atoms with Gasteiger partial charge in [-0.2, -0.15) is 0 Å². The lowest BCUT2D eigenvalue weighted by molar-refractivity contribution is -0.145. The van der Waals surface area contributed by atoms with E-state index >= 15 is 0 Å². The quantitative estimate of drug-likeness (QED) is 0.524. The van der Waals surface area contributed by atoms with Crippen molar-refractivity contribution >= 4 is 27.5 Å². The van der Waals surface area contributed by atoms with Crippen molar-refractivity contribution in [3.63, 3.8) is 0 Å². The molecule has 0 bridgehead atoms. The monoisotopic (exact) mass is 404 g/mol. The molecule has 4 rings (SSSR count). The van der Waals surface area contributed by atoms with Crippen LogP contribution in [0.2, 0.25) is 0 Å². The van der Waals surface area contributed by atoms with Crippen LogP contribution in [-0.4, -0.2) is 20.6 Å². The number of nitrogens with zero attached hydrogens (tertiary/aromatic N) is 2. The molecule has 29 heavy (non-hydrogen) atoms. The molecule has 0 aliphatic heterocycles. The molecule has 4 aromatic rings. The van der Waals surface area contributed by atoms with Gasteiger partial charge in [0.2, 0.25) is 0 Å². The second-order valence-corrected chi connectivity index (χ2v) is 8.59. The zero-order chi connectivity index (χ0) is 20.8. The van der Waals surface area contributed by atoms with E-state index in [9.17, 15) is 14.7 Å². The average Bonchev–Trinajstić information content (AvgIpc) is 3.05. The first-order chi connectivity index (χ1) is 13.8. The van der Waals surface area contributed by atoms with Crippen molar-refractivity contribution in [2.75, 3.05) is 0 Å². The van der Waals surface area contributed by atoms with E-state index < -0.39 is 11.5 Å². The Morgan fingerprint density at radius 3 is 2.10 bits per heavy atom. The van der Waals surface area contributed by atoms with Crippen LogP contribution in [0.4, 0.5) is 0 Å². The summed E-state index contributed by atoms with van der Waals surface area (Å²) in [5.41, 5.74) is 0.630. The molecule has 2 aromatic heterocycles. The number of aromatic nitrogens is 2. The maximum absolute atomic E-state index is 13.7. The minimum absolute atomic E-state index is 0.343. The first kappa shape index (κ1) is 19.1. The van der Waals surface area contributed by atoms with Crippen LogP contribution >= 0.6 is 11.3 Å². The summed E-state index contributed by atoms with van der Waals surface area (Å²) in [4.78, 5) is 32.2. The Hall–Kier alpha value is -3.25. The Bertz CT molecular complexity index is 1270. The van der Waals surface area contributed by atoms with Crippen molar-refractivity contribution in [2.24, 2.45) is 0 Å². The van der Waals surface area contributed by atoms with Crippen LogP contribution in [0.25, 0.3) is 32.7 Å². The van der Waals surface area contributed by atoms with Crippen LogP contribution in [0.15, 0.2) is 65.5 Å². The molecule has 2 heterocycles. The fraction of sp³-hybridized carbons (Fsp3) is 0.174. The Morgan fingerprint density at radius 1 is 1.00 bits per heavy atom. The normalized spacial score (nSPS) is 11.7. The van der Waals surface area contributed by atoms with Gasteiger partial charge in [-0.3, -0.25) is 9.36 Å². The third kappa shape index (κ3) is 3.06. The van der Waals surface area contributed by atoms with E-state index in [0.29, 0.717) is 21.6 Å². The molecule has 1 N–H and O–H groups in total. The number of hydrogen-bond acceptors (Lipinski definition) is 4. The second-order valence-electron chi connectivity index (χ2n) is 7.39. The molecular weight excluding hydrogens is 384 g/mol. The fourth-order valence-corrected chi connectivity index (χ4v) is 4.54. The zero-order valence-corrected chi connectivity index (χ0v) is 17.2. The van der Waals surface area contributed by atoms with Gasteiger partial charge in [-0.1, -0.05) is 60.7 Å². The van der Waals surface area contributed by atoms with Gasteiger partial charge in [0.05, 0.1) is 5.39 Å². The summed E-state index contributed by atoms with van der Waals surface area (Å²) in [5, 5.41) is 10.3. The van der Waals surface area contributed by atoms with Gasteiger partial charge in [0.15, 0.2) is 0 Å². The number of carboxylic acids is 1. The third-order valence-electron chi connectivity index (χ3n) is 5.08. The molecule has 0 aliphatic rings. The lowest BCUT2D eigenvalue weighted by Gasteiger charge is -2.25. The predicted octanol–water partition coefficient (Wildman–Crippen LogP) is 4.92. The maximum atomic E-state index is 13.7. The van der Waals surface area contributed by atoms with Crippen LogP contribution < -0.4 is 5.56 Å². The van der Waals surface area contributed by atoms with Gasteiger partial charge in [-0.05, 0) is 26.3 Å². The van der Waals surface area contributed by atoms with Crippen LogP contribution in [0.1, 0.15) is 18.7 Å². The summed E-state index contributed by atoms with van der Waals surface area (Å²) in [7, 11) is 0. The van der Waals surface area contributed by atoms with Crippen molar-refractivity contribution in [2.45, 2.75) is 26.3 Å². The minimum atomic E-state index is -1.47. The van der Waals surface area contributed by atoms with Crippen molar-refractivity contribution in [1.29, 1.82) is 0 Å². The zero-order valence-electron chi connectivity index (χ0n) is 16.3. The number of carbonyl (C=O) groups is 1. The Kier molecular flexibility index (Phi) is 4.59. The first-order valence-electron chi connectivity index (χ1n) is 9.23. The van der Waals surface area contributed by atoms with E-state index in [1.807, 2.05) is 67.6 Å². The number of aliphatic carboxylic acids is 1. The summed E-state index contributed by atoms with van der Waals surface area (Å²) in [6.45, 7) is 5.01. The Balaban J connectivity index is 2.16. The van der Waals surface area contributed by atoms with E-state index in [4.69, 9.17) is 4.98 Å². The first-order valence-corrected chi connectivity index (χ1v) is 10.0. The molecule has 6 heteroatoms. The van der Waals surface area contributed by atoms with Crippen LogP contribution in [-0.2, 0) is 10.3 Å². The number of thiophene rings is 1. The van der Waals surface area contributed by atoms with Crippen molar-refractivity contribution < 1.29 is 9.90 Å². The molecule has 0 spiro atoms. The maximum Gasteiger partial charge on any atom is 0.329 e. The van der Waals surface area contributed by atoms with E-state index in [1.54, 1.807) is 0 Å². The highest BCUT2D eigenvalue weighted by atomic mass is 32.1. The number of hydrogen-bond donors (Lipinski definition) is 1. The van der Waals surface area contributed by atoms with Gasteiger partial charge in [0.25, 0.3) is 5.56 Å². The molecule has 0 radical (unpaired) electrons. The van der Waals surface area contributed by atoms with E-state index in [-0.39, 0.29) is 5.56 Å². The van der Waals surface area contributed by atoms with Gasteiger partial charge in [0, 0.05) is 16.0 Å². The van der Waals surface area contributed by atoms with Gasteiger partial charge in [-0.25, -0.2) is 9.78 Å². The molecular formula is C23H20N2O3S. The van der Waals surface area contributed by atoms with Crippen LogP contribution in [0.3, 0.4) is 0 Å². The van der Waals surface area contributed by atoms with Crippen LogP contribution in [0.5, 0.6) is 0 Å². The summed E-state index contributed by atoms with van der Waals surface area (Å²) >= 11 is 1.45. The molecule has 0 amide bonds. The molecule has 2 aromatic carbocycles. The predicted molar refractivity (Wildman–Crippen MR) is 116 cm³/mol. The Labute approximate surface area is 171 Å². The molecule has 146 valence electrons. The second kappa shape index (κ2) is 6.97. The minimum Gasteiger partial charge on any atom is -0.480 e. The standard InChI is InChI=1S/C23H20N2O3S/c1-14-17(15-10-6-4-7-11-15)18-20(29-14)24-19(16-12-8-5-9-13-16)25(21(18)26)23(2,3)22(27)28/h4-13H,1-3H3,(H,27,28). The van der Waals surface area contributed by atoms with Crippen molar-refractivity contribution in [1.82, 2.24) is 9.55 Å². The molecule has 0 saturated carbocycles.